The number of β-amino-alcohol motifs (C(OH)–C–C–N with tert-alkyl or cyclic N) is 1. The first kappa shape index (κ1) is 8.49. The van der Waals surface area contributed by atoms with Crippen molar-refractivity contribution in [2.24, 2.45) is 0 Å². The van der Waals surface area contributed by atoms with Gasteiger partial charge in [-0.2, -0.15) is 0 Å². The van der Waals surface area contributed by atoms with Crippen molar-refractivity contribution in [3.63, 3.8) is 0 Å². The Hall–Kier alpha value is -0.610. The van der Waals surface area contributed by atoms with Gasteiger partial charge in [-0.1, -0.05) is 0 Å². The molecule has 1 rings (SSSR count). The quantitative estimate of drug-likeness (QED) is 0.584. The van der Waals surface area contributed by atoms with E-state index in [-0.39, 0.29) is 6.54 Å². The van der Waals surface area contributed by atoms with Gasteiger partial charge in [0.15, 0.2) is 6.10 Å². The third-order valence-electron chi connectivity index (χ3n) is 2.15. The van der Waals surface area contributed by atoms with E-state index in [0.29, 0.717) is 6.04 Å². The molecule has 1 heterocycles. The van der Waals surface area contributed by atoms with Crippen molar-refractivity contribution < 1.29 is 15.0 Å². The van der Waals surface area contributed by atoms with E-state index >= 15 is 0 Å². The average Bonchev–Trinajstić information content (AvgIpc) is 1.96. The normalized spacial score (nSPS) is 27.6. The van der Waals surface area contributed by atoms with Crippen LogP contribution < -0.4 is 0 Å². The Kier molecular flexibility index (Phi) is 2.46. The maximum Gasteiger partial charge on any atom is 0.333 e. The Labute approximate surface area is 65.4 Å². The first-order valence-corrected chi connectivity index (χ1v) is 3.76. The molecule has 2 unspecified atom stereocenters. The molecule has 2 atom stereocenters. The minimum atomic E-state index is -1.22. The van der Waals surface area contributed by atoms with E-state index in [1.54, 1.807) is 0 Å². The number of aliphatic hydroxyl groups is 1. The Morgan fingerprint density at radius 3 is 2.73 bits per heavy atom. The second-order valence-electron chi connectivity index (χ2n) is 2.99. The van der Waals surface area contributed by atoms with Crippen molar-refractivity contribution in [1.29, 1.82) is 0 Å². The zero-order valence-electron chi connectivity index (χ0n) is 6.53. The smallest absolute Gasteiger partial charge is 0.333 e. The lowest BCUT2D eigenvalue weighted by molar-refractivity contribution is -0.148. The Morgan fingerprint density at radius 2 is 2.45 bits per heavy atom. The van der Waals surface area contributed by atoms with Gasteiger partial charge in [0.05, 0.1) is 0 Å². The lowest BCUT2D eigenvalue weighted by Gasteiger charge is -2.39. The topological polar surface area (TPSA) is 60.8 Å². The summed E-state index contributed by atoms with van der Waals surface area (Å²) in [7, 11) is 0. The van der Waals surface area contributed by atoms with Gasteiger partial charge in [-0.05, 0) is 13.3 Å². The molecule has 0 spiro atoms. The SMILES string of the molecule is CC1CCN1CC(O)C(=O)O. The summed E-state index contributed by atoms with van der Waals surface area (Å²) in [5.41, 5.74) is 0. The molecule has 1 saturated heterocycles. The molecule has 1 aliphatic rings. The molecule has 0 aromatic rings. The number of rotatable bonds is 3. The Bertz CT molecular complexity index is 160. The van der Waals surface area contributed by atoms with Crippen LogP contribution in [-0.2, 0) is 4.79 Å². The molecule has 0 aromatic heterocycles. The van der Waals surface area contributed by atoms with Crippen LogP contribution in [0.4, 0.5) is 0 Å². The maximum atomic E-state index is 10.2. The van der Waals surface area contributed by atoms with E-state index in [4.69, 9.17) is 10.2 Å². The fourth-order valence-electron chi connectivity index (χ4n) is 1.14. The van der Waals surface area contributed by atoms with Gasteiger partial charge in [-0.15, -0.1) is 0 Å². The molecule has 0 bridgehead atoms. The van der Waals surface area contributed by atoms with Gasteiger partial charge < -0.3 is 10.2 Å². The molecule has 64 valence electrons. The largest absolute Gasteiger partial charge is 0.479 e. The Morgan fingerprint density at radius 1 is 1.82 bits per heavy atom. The van der Waals surface area contributed by atoms with Crippen molar-refractivity contribution in [1.82, 2.24) is 4.90 Å². The average molecular weight is 159 g/mol. The van der Waals surface area contributed by atoms with Gasteiger partial charge >= 0.3 is 5.97 Å². The molecular weight excluding hydrogens is 146 g/mol. The number of carboxylic acid groups (broad SMARTS) is 1. The van der Waals surface area contributed by atoms with Crippen LogP contribution in [0.5, 0.6) is 0 Å². The van der Waals surface area contributed by atoms with Gasteiger partial charge in [-0.25, -0.2) is 4.79 Å². The van der Waals surface area contributed by atoms with Crippen molar-refractivity contribution in [2.75, 3.05) is 13.1 Å². The van der Waals surface area contributed by atoms with Crippen molar-refractivity contribution in [2.45, 2.75) is 25.5 Å². The summed E-state index contributed by atoms with van der Waals surface area (Å²) in [5.74, 6) is -1.14. The highest BCUT2D eigenvalue weighted by atomic mass is 16.4. The Balaban J connectivity index is 2.25. The monoisotopic (exact) mass is 159 g/mol. The van der Waals surface area contributed by atoms with Crippen molar-refractivity contribution in [3.05, 3.63) is 0 Å². The molecule has 0 amide bonds. The summed E-state index contributed by atoms with van der Waals surface area (Å²) in [6, 6.07) is 0.434. The molecule has 0 saturated carbocycles. The van der Waals surface area contributed by atoms with Gasteiger partial charge in [0, 0.05) is 19.1 Å². The van der Waals surface area contributed by atoms with Gasteiger partial charge in [0.25, 0.3) is 0 Å². The highest BCUT2D eigenvalue weighted by Gasteiger charge is 2.27. The maximum absolute atomic E-state index is 10.2. The molecule has 11 heavy (non-hydrogen) atoms. The van der Waals surface area contributed by atoms with Crippen LogP contribution in [-0.4, -0.2) is 46.3 Å². The summed E-state index contributed by atoms with van der Waals surface area (Å²) in [4.78, 5) is 12.2. The summed E-state index contributed by atoms with van der Waals surface area (Å²) >= 11 is 0. The number of hydrogen-bond donors (Lipinski definition) is 2. The summed E-state index contributed by atoms with van der Waals surface area (Å²) in [5, 5.41) is 17.3. The van der Waals surface area contributed by atoms with E-state index in [1.165, 1.54) is 0 Å². The minimum Gasteiger partial charge on any atom is -0.479 e. The van der Waals surface area contributed by atoms with Crippen LogP contribution in [0.1, 0.15) is 13.3 Å². The van der Waals surface area contributed by atoms with Crippen molar-refractivity contribution >= 4 is 5.97 Å². The molecule has 0 aromatic carbocycles. The summed E-state index contributed by atoms with van der Waals surface area (Å²) < 4.78 is 0. The predicted molar refractivity (Wildman–Crippen MR) is 39.3 cm³/mol. The first-order valence-electron chi connectivity index (χ1n) is 3.76. The van der Waals surface area contributed by atoms with Gasteiger partial charge in [0.2, 0.25) is 0 Å². The number of carbonyl (C=O) groups is 1. The van der Waals surface area contributed by atoms with E-state index in [9.17, 15) is 4.79 Å². The van der Waals surface area contributed by atoms with Gasteiger partial charge in [-0.3, -0.25) is 4.90 Å². The van der Waals surface area contributed by atoms with Gasteiger partial charge in [0.1, 0.15) is 0 Å². The number of likely N-dealkylation sites (tertiary alicyclic amines) is 1. The first-order chi connectivity index (χ1) is 5.11. The van der Waals surface area contributed by atoms with E-state index in [2.05, 4.69) is 0 Å². The van der Waals surface area contributed by atoms with E-state index < -0.39 is 12.1 Å². The molecule has 1 fully saturated rings. The van der Waals surface area contributed by atoms with Crippen LogP contribution in [0.3, 0.4) is 0 Å². The molecule has 4 heteroatoms. The zero-order valence-corrected chi connectivity index (χ0v) is 6.53. The highest BCUT2D eigenvalue weighted by Crippen LogP contribution is 2.15. The molecule has 4 nitrogen and oxygen atoms in total. The van der Waals surface area contributed by atoms with Crippen LogP contribution in [0.2, 0.25) is 0 Å². The lowest BCUT2D eigenvalue weighted by atomic mass is 10.1. The number of aliphatic hydroxyl groups excluding tert-OH is 1. The van der Waals surface area contributed by atoms with Crippen LogP contribution in [0.25, 0.3) is 0 Å². The summed E-state index contributed by atoms with van der Waals surface area (Å²) in [6.07, 6.45) is -0.121. The van der Waals surface area contributed by atoms with Crippen molar-refractivity contribution in [3.8, 4) is 0 Å². The van der Waals surface area contributed by atoms with E-state index in [1.807, 2.05) is 11.8 Å². The fourth-order valence-corrected chi connectivity index (χ4v) is 1.14. The number of nitrogens with zero attached hydrogens (tertiary/aromatic N) is 1. The van der Waals surface area contributed by atoms with Crippen LogP contribution in [0, 0.1) is 0 Å². The molecular formula is C7H13NO3. The molecule has 0 aliphatic carbocycles. The number of hydrogen-bond acceptors (Lipinski definition) is 3. The summed E-state index contributed by atoms with van der Waals surface area (Å²) in [6.45, 7) is 3.19. The number of carboxylic acids is 1. The number of aliphatic carboxylic acids is 1. The third-order valence-corrected chi connectivity index (χ3v) is 2.15. The standard InChI is InChI=1S/C7H13NO3/c1-5-2-3-8(5)4-6(9)7(10)11/h5-6,9H,2-4H2,1H3,(H,10,11). The third kappa shape index (κ3) is 1.91. The second kappa shape index (κ2) is 3.19. The fraction of sp³-hybridized carbons (Fsp3) is 0.857. The second-order valence-corrected chi connectivity index (χ2v) is 2.99. The zero-order chi connectivity index (χ0) is 8.43. The van der Waals surface area contributed by atoms with Crippen LogP contribution in [0.15, 0.2) is 0 Å². The molecule has 2 N–H and O–H groups in total. The lowest BCUT2D eigenvalue weighted by Crippen LogP contribution is -2.50. The highest BCUT2D eigenvalue weighted by molar-refractivity contribution is 5.72. The molecule has 0 radical (unpaired) electrons. The predicted octanol–water partition coefficient (Wildman–Crippen LogP) is -0.474. The minimum absolute atomic E-state index is 0.260. The van der Waals surface area contributed by atoms with Crippen LogP contribution >= 0.6 is 0 Å². The molecule has 1 aliphatic heterocycles. The van der Waals surface area contributed by atoms with E-state index in [0.717, 1.165) is 13.0 Å².